The molecular weight excluding hydrogens is 1110 g/mol. The highest BCUT2D eigenvalue weighted by molar-refractivity contribution is 6.35. The van der Waals surface area contributed by atoms with Crippen LogP contribution in [0.15, 0.2) is 60.2 Å². The van der Waals surface area contributed by atoms with Crippen LogP contribution >= 0.6 is 11.6 Å². The Hall–Kier alpha value is -7.48. The van der Waals surface area contributed by atoms with Crippen molar-refractivity contribution in [1.82, 2.24) is 31.1 Å². The molecule has 462 valence electrons. The van der Waals surface area contributed by atoms with Crippen LogP contribution in [0.25, 0.3) is 0 Å². The van der Waals surface area contributed by atoms with E-state index in [0.29, 0.717) is 35.5 Å². The number of epoxide rings is 1. The molecule has 4 bridgehead atoms. The van der Waals surface area contributed by atoms with Crippen LogP contribution in [-0.4, -0.2) is 171 Å². The van der Waals surface area contributed by atoms with Crippen molar-refractivity contribution in [2.75, 3.05) is 58.7 Å². The lowest BCUT2D eigenvalue weighted by molar-refractivity contribution is -0.162. The summed E-state index contributed by atoms with van der Waals surface area (Å²) < 4.78 is 35.0. The first-order valence-corrected chi connectivity index (χ1v) is 28.1. The number of fused-ring (bicyclic) bond motifs is 5. The maximum atomic E-state index is 14.4. The third kappa shape index (κ3) is 18.0. The van der Waals surface area contributed by atoms with E-state index in [2.05, 4.69) is 26.6 Å². The van der Waals surface area contributed by atoms with Gasteiger partial charge < -0.3 is 75.2 Å². The van der Waals surface area contributed by atoms with Crippen molar-refractivity contribution in [3.05, 3.63) is 76.3 Å². The van der Waals surface area contributed by atoms with Gasteiger partial charge in [-0.25, -0.2) is 19.2 Å². The van der Waals surface area contributed by atoms with Crippen LogP contribution < -0.4 is 42.0 Å². The molecule has 2 fully saturated rings. The minimum absolute atomic E-state index is 0.0753. The Labute approximate surface area is 494 Å². The van der Waals surface area contributed by atoms with Crippen LogP contribution in [-0.2, 0) is 65.5 Å². The lowest BCUT2D eigenvalue weighted by Gasteiger charge is -2.42. The SMILES string of the molecule is COc1cc2cc(c1Cl)N(C)C(=O)C[C@H](OC(=O)[C@H](C)N(C)C(=O)CCCN(C)C(=O)OCc1ccc(NC(=O)[C@H](CCCNC(N)=O)NC(=O)[C@@H](NC(C)=O)C(C)C)cc1)[C@]1(C)OC1[C@H](C)[C@@H]1C[C@@](O)(NC(=O)O1)[C@H](OC)/C=C/C=C(\C)C2. The predicted molar refractivity (Wildman–Crippen MR) is 309 cm³/mol. The second kappa shape index (κ2) is 29.9. The Balaban J connectivity index is 1.20. The van der Waals surface area contributed by atoms with Crippen molar-refractivity contribution in [1.29, 1.82) is 0 Å². The molecule has 9 amide bonds. The summed E-state index contributed by atoms with van der Waals surface area (Å²) in [4.78, 5) is 122. The smallest absolute Gasteiger partial charge is 0.409 e. The van der Waals surface area contributed by atoms with Crippen molar-refractivity contribution in [3.8, 4) is 5.75 Å². The number of hydrogen-bond donors (Lipinski definition) is 7. The number of nitrogens with one attached hydrogen (secondary N) is 5. The molecule has 0 saturated carbocycles. The normalized spacial score (nSPS) is 24.4. The monoisotopic (exact) mass is 1200 g/mol. The fraction of sp³-hybridized carbons (Fsp3) is 0.569. The summed E-state index contributed by atoms with van der Waals surface area (Å²) in [6.45, 7) is 11.7. The molecule has 10 atom stereocenters. The Kier molecular flexibility index (Phi) is 23.9. The first-order valence-electron chi connectivity index (χ1n) is 27.8. The summed E-state index contributed by atoms with van der Waals surface area (Å²) in [5, 5.41) is 25.1. The van der Waals surface area contributed by atoms with E-state index in [1.54, 1.807) is 76.2 Å². The molecule has 3 heterocycles. The number of halogens is 1. The third-order valence-electron chi connectivity index (χ3n) is 15.2. The third-order valence-corrected chi connectivity index (χ3v) is 15.6. The lowest BCUT2D eigenvalue weighted by atomic mass is 9.83. The van der Waals surface area contributed by atoms with Gasteiger partial charge in [0.15, 0.2) is 5.72 Å². The number of primary amides is 1. The number of esters is 1. The number of hydrogen-bond acceptors (Lipinski definition) is 16. The van der Waals surface area contributed by atoms with E-state index in [1.165, 1.54) is 63.9 Å². The lowest BCUT2D eigenvalue weighted by Crippen LogP contribution is -2.63. The van der Waals surface area contributed by atoms with Crippen molar-refractivity contribution in [2.24, 2.45) is 17.6 Å². The number of carbonyl (C=O) groups is 9. The molecule has 26 heteroatoms. The number of nitrogens with two attached hydrogens (primary N) is 1. The molecule has 0 radical (unpaired) electrons. The van der Waals surface area contributed by atoms with Gasteiger partial charge in [-0.2, -0.15) is 0 Å². The van der Waals surface area contributed by atoms with E-state index < -0.39 is 120 Å². The maximum absolute atomic E-state index is 14.4. The summed E-state index contributed by atoms with van der Waals surface area (Å²) in [6.07, 6.45) is 0.112. The molecule has 2 aromatic carbocycles. The van der Waals surface area contributed by atoms with Crippen LogP contribution in [0.2, 0.25) is 5.02 Å². The number of urea groups is 1. The van der Waals surface area contributed by atoms with Gasteiger partial charge in [0, 0.05) is 72.7 Å². The molecule has 0 aliphatic carbocycles. The molecule has 3 aliphatic rings. The Morgan fingerprint density at radius 2 is 1.70 bits per heavy atom. The van der Waals surface area contributed by atoms with E-state index in [1.807, 2.05) is 13.0 Å². The van der Waals surface area contributed by atoms with Crippen LogP contribution in [0.3, 0.4) is 0 Å². The van der Waals surface area contributed by atoms with Crippen LogP contribution in [0.1, 0.15) is 98.1 Å². The summed E-state index contributed by atoms with van der Waals surface area (Å²) in [6, 6.07) is 6.13. The van der Waals surface area contributed by atoms with E-state index in [4.69, 9.17) is 45.8 Å². The molecule has 0 spiro atoms. The fourth-order valence-corrected chi connectivity index (χ4v) is 10.2. The fourth-order valence-electron chi connectivity index (χ4n) is 9.92. The van der Waals surface area contributed by atoms with E-state index in [-0.39, 0.29) is 56.3 Å². The molecule has 8 N–H and O–H groups in total. The quantitative estimate of drug-likeness (QED) is 0.0389. The standard InChI is InChI=1S/C58H82ClN9O16/c1-32(2)49(62-36(6)69)52(73)64-40(17-14-24-61-54(60)75)51(72)63-39-22-20-37(21-23-39)31-81-56(77)66(8)25-15-19-46(70)67(9)35(5)53(74)83-45-29-47(71)68(10)41-27-38(28-42(79-11)48(41)59)26-33(3)16-13-18-44(80-12)58(78)30-43(82-55(76)65-58)34(4)50-57(45,7)84-50/h13,16,18,20-23,27-28,32,34-35,40,43-45,49-50,78H,14-15,17,19,24-26,29-31H2,1-12H3,(H,62,69)(H,63,72)(H,64,73)(H,65,76)(H3,60,61,75)/b18-13+,33-16+/t34-,35+,40+,43+,44-,45+,49+,50?,57+,58+/m1/s1. The van der Waals surface area contributed by atoms with Crippen LogP contribution in [0.4, 0.5) is 25.8 Å². The Bertz CT molecular complexity index is 2800. The van der Waals surface area contributed by atoms with Crippen molar-refractivity contribution in [3.63, 3.8) is 0 Å². The number of alkyl carbamates (subject to hydrolysis) is 1. The van der Waals surface area contributed by atoms with Crippen LogP contribution in [0.5, 0.6) is 5.75 Å². The zero-order chi connectivity index (χ0) is 62.4. The Morgan fingerprint density at radius 3 is 2.33 bits per heavy atom. The molecule has 84 heavy (non-hydrogen) atoms. The van der Waals surface area contributed by atoms with Gasteiger partial charge >= 0.3 is 24.2 Å². The number of anilines is 2. The summed E-state index contributed by atoms with van der Waals surface area (Å²) >= 11 is 6.83. The van der Waals surface area contributed by atoms with Crippen LogP contribution in [0, 0.1) is 11.8 Å². The average Bonchev–Trinajstić information content (AvgIpc) is 1.74. The first kappa shape index (κ1) is 67.3. The predicted octanol–water partition coefficient (Wildman–Crippen LogP) is 4.60. The number of allylic oxidation sites excluding steroid dienone is 3. The molecule has 2 aromatic rings. The molecule has 0 aromatic heterocycles. The van der Waals surface area contributed by atoms with E-state index in [0.717, 1.165) is 11.1 Å². The number of rotatable bonds is 21. The number of benzene rings is 2. The second-order valence-corrected chi connectivity index (χ2v) is 22.5. The highest BCUT2D eigenvalue weighted by Crippen LogP contribution is 2.49. The van der Waals surface area contributed by atoms with Gasteiger partial charge in [-0.15, -0.1) is 0 Å². The zero-order valence-corrected chi connectivity index (χ0v) is 50.6. The number of ether oxygens (including phenoxy) is 6. The summed E-state index contributed by atoms with van der Waals surface area (Å²) in [5.74, 6) is -3.88. The molecule has 1 unspecified atom stereocenters. The highest BCUT2D eigenvalue weighted by atomic mass is 35.5. The van der Waals surface area contributed by atoms with Gasteiger partial charge in [-0.05, 0) is 87.8 Å². The van der Waals surface area contributed by atoms with Crippen molar-refractivity contribution < 1.29 is 76.7 Å². The Morgan fingerprint density at radius 1 is 1.01 bits per heavy atom. The van der Waals surface area contributed by atoms with Gasteiger partial charge in [0.25, 0.3) is 0 Å². The zero-order valence-electron chi connectivity index (χ0n) is 49.8. The number of likely N-dealkylation sites (N-methyl/N-ethyl adjacent to an activating group) is 1. The molecule has 5 rings (SSSR count). The highest BCUT2D eigenvalue weighted by Gasteiger charge is 2.64. The first-order chi connectivity index (χ1) is 39.5. The van der Waals surface area contributed by atoms with Crippen molar-refractivity contribution >= 4 is 76.7 Å². The molecule has 2 saturated heterocycles. The maximum Gasteiger partial charge on any atom is 0.409 e. The number of methoxy groups -OCH3 is 2. The largest absolute Gasteiger partial charge is 0.495 e. The summed E-state index contributed by atoms with van der Waals surface area (Å²) in [7, 11) is 7.34. The number of carbonyl (C=O) groups excluding carboxylic acids is 9. The van der Waals surface area contributed by atoms with Gasteiger partial charge in [0.1, 0.15) is 59.4 Å². The number of amides is 9. The molecular formula is C58H82ClN9O16. The molecule has 25 nitrogen and oxygen atoms in total. The van der Waals surface area contributed by atoms with Gasteiger partial charge in [0.05, 0.1) is 25.3 Å². The van der Waals surface area contributed by atoms with Gasteiger partial charge in [-0.3, -0.25) is 29.3 Å². The molecule has 3 aliphatic heterocycles. The second-order valence-electron chi connectivity index (χ2n) is 22.1. The van der Waals surface area contributed by atoms with Gasteiger partial charge in [0.2, 0.25) is 29.5 Å². The topological polar surface area (TPSA) is 328 Å². The number of aliphatic hydroxyl groups is 1. The minimum atomic E-state index is -1.90. The minimum Gasteiger partial charge on any atom is -0.495 e. The van der Waals surface area contributed by atoms with E-state index in [9.17, 15) is 48.3 Å². The van der Waals surface area contributed by atoms with Gasteiger partial charge in [-0.1, -0.05) is 68.3 Å². The number of nitrogens with zero attached hydrogens (tertiary/aromatic N) is 3. The van der Waals surface area contributed by atoms with E-state index >= 15 is 0 Å². The summed E-state index contributed by atoms with van der Waals surface area (Å²) in [5.41, 5.74) is 4.87. The average molecular weight is 1200 g/mol. The van der Waals surface area contributed by atoms with Crippen molar-refractivity contribution in [2.45, 2.75) is 154 Å².